The number of piperidine rings is 1. The summed E-state index contributed by atoms with van der Waals surface area (Å²) < 4.78 is 0. The number of rotatable bonds is 4. The Balaban J connectivity index is 2.29. The van der Waals surface area contributed by atoms with Gasteiger partial charge in [0, 0.05) is 12.6 Å². The summed E-state index contributed by atoms with van der Waals surface area (Å²) in [6.07, 6.45) is 3.44. The van der Waals surface area contributed by atoms with Crippen LogP contribution in [-0.2, 0) is 0 Å². The molecule has 0 saturated carbocycles. The molecule has 3 N–H and O–H groups in total. The number of hydrogen-bond acceptors (Lipinski definition) is 3. The van der Waals surface area contributed by atoms with Gasteiger partial charge in [-0.1, -0.05) is 0 Å². The molecule has 0 radical (unpaired) electrons. The summed E-state index contributed by atoms with van der Waals surface area (Å²) >= 11 is 0. The highest BCUT2D eigenvalue weighted by atomic mass is 16.3. The van der Waals surface area contributed by atoms with Crippen LogP contribution < -0.4 is 10.6 Å². The van der Waals surface area contributed by atoms with E-state index in [2.05, 4.69) is 10.6 Å². The Morgan fingerprint density at radius 2 is 2.50 bits per heavy atom. The largest absolute Gasteiger partial charge is 0.396 e. The molecule has 3 heteroatoms. The lowest BCUT2D eigenvalue weighted by molar-refractivity contribution is 0.220. The molecule has 0 spiro atoms. The molecule has 1 saturated heterocycles. The molecule has 1 heterocycles. The number of aliphatic hydroxyl groups is 1. The maximum atomic E-state index is 8.84. The monoisotopic (exact) mass is 172 g/mol. The molecule has 0 unspecified atom stereocenters. The standard InChI is InChI=1S/C9H20N2O/c1-10-9(4-6-12)8-3-2-5-11-7-8/h8-12H,2-7H2,1H3/t8-,9-/m0/s1. The Hall–Kier alpha value is -0.120. The van der Waals surface area contributed by atoms with Crippen molar-refractivity contribution in [2.45, 2.75) is 25.3 Å². The zero-order chi connectivity index (χ0) is 8.81. The minimum Gasteiger partial charge on any atom is -0.396 e. The fourth-order valence-corrected chi connectivity index (χ4v) is 1.98. The zero-order valence-electron chi connectivity index (χ0n) is 7.84. The molecule has 72 valence electrons. The fourth-order valence-electron chi connectivity index (χ4n) is 1.98. The van der Waals surface area contributed by atoms with Crippen LogP contribution in [0.1, 0.15) is 19.3 Å². The molecular formula is C9H20N2O. The van der Waals surface area contributed by atoms with Gasteiger partial charge >= 0.3 is 0 Å². The van der Waals surface area contributed by atoms with Crippen LogP contribution in [0.15, 0.2) is 0 Å². The Labute approximate surface area is 74.5 Å². The normalized spacial score (nSPS) is 27.0. The first kappa shape index (κ1) is 9.96. The van der Waals surface area contributed by atoms with E-state index in [-0.39, 0.29) is 0 Å². The Morgan fingerprint density at radius 3 is 3.00 bits per heavy atom. The van der Waals surface area contributed by atoms with Gasteiger partial charge in [-0.2, -0.15) is 0 Å². The molecule has 2 atom stereocenters. The predicted molar refractivity (Wildman–Crippen MR) is 50.1 cm³/mol. The third-order valence-corrected chi connectivity index (χ3v) is 2.71. The molecule has 0 aliphatic carbocycles. The van der Waals surface area contributed by atoms with Crippen molar-refractivity contribution in [3.63, 3.8) is 0 Å². The van der Waals surface area contributed by atoms with Gasteiger partial charge in [0.1, 0.15) is 0 Å². The number of aliphatic hydroxyl groups excluding tert-OH is 1. The smallest absolute Gasteiger partial charge is 0.0445 e. The summed E-state index contributed by atoms with van der Waals surface area (Å²) in [5.41, 5.74) is 0. The average molecular weight is 172 g/mol. The lowest BCUT2D eigenvalue weighted by atomic mass is 9.90. The second-order valence-electron chi connectivity index (χ2n) is 3.51. The van der Waals surface area contributed by atoms with Crippen molar-refractivity contribution in [3.05, 3.63) is 0 Å². The molecule has 0 aromatic heterocycles. The van der Waals surface area contributed by atoms with Gasteiger partial charge in [-0.05, 0) is 45.3 Å². The van der Waals surface area contributed by atoms with E-state index in [1.54, 1.807) is 0 Å². The van der Waals surface area contributed by atoms with Gasteiger partial charge in [0.2, 0.25) is 0 Å². The third-order valence-electron chi connectivity index (χ3n) is 2.71. The molecular weight excluding hydrogens is 152 g/mol. The van der Waals surface area contributed by atoms with E-state index in [9.17, 15) is 0 Å². The fraction of sp³-hybridized carbons (Fsp3) is 1.00. The van der Waals surface area contributed by atoms with Crippen LogP contribution in [0.4, 0.5) is 0 Å². The van der Waals surface area contributed by atoms with Gasteiger partial charge in [-0.25, -0.2) is 0 Å². The highest BCUT2D eigenvalue weighted by molar-refractivity contribution is 4.79. The van der Waals surface area contributed by atoms with Crippen LogP contribution in [-0.4, -0.2) is 37.9 Å². The van der Waals surface area contributed by atoms with E-state index < -0.39 is 0 Å². The second kappa shape index (κ2) is 5.51. The van der Waals surface area contributed by atoms with Gasteiger partial charge in [0.25, 0.3) is 0 Å². The van der Waals surface area contributed by atoms with Crippen molar-refractivity contribution in [3.8, 4) is 0 Å². The molecule has 0 aromatic rings. The lowest BCUT2D eigenvalue weighted by Crippen LogP contribution is -2.43. The van der Waals surface area contributed by atoms with Gasteiger partial charge in [-0.15, -0.1) is 0 Å². The van der Waals surface area contributed by atoms with Gasteiger partial charge < -0.3 is 15.7 Å². The minimum absolute atomic E-state index is 0.294. The molecule has 3 nitrogen and oxygen atoms in total. The maximum absolute atomic E-state index is 8.84. The van der Waals surface area contributed by atoms with Crippen molar-refractivity contribution in [2.24, 2.45) is 5.92 Å². The molecule has 0 bridgehead atoms. The van der Waals surface area contributed by atoms with Crippen LogP contribution in [0.3, 0.4) is 0 Å². The molecule has 0 amide bonds. The van der Waals surface area contributed by atoms with Gasteiger partial charge in [0.05, 0.1) is 0 Å². The topological polar surface area (TPSA) is 44.3 Å². The highest BCUT2D eigenvalue weighted by Crippen LogP contribution is 2.16. The van der Waals surface area contributed by atoms with Crippen molar-refractivity contribution < 1.29 is 5.11 Å². The molecule has 12 heavy (non-hydrogen) atoms. The van der Waals surface area contributed by atoms with Crippen LogP contribution >= 0.6 is 0 Å². The molecule has 1 rings (SSSR count). The van der Waals surface area contributed by atoms with E-state index in [1.165, 1.54) is 12.8 Å². The lowest BCUT2D eigenvalue weighted by Gasteiger charge is -2.30. The van der Waals surface area contributed by atoms with Gasteiger partial charge in [0.15, 0.2) is 0 Å². The quantitative estimate of drug-likeness (QED) is 0.557. The van der Waals surface area contributed by atoms with E-state index in [0.29, 0.717) is 18.6 Å². The zero-order valence-corrected chi connectivity index (χ0v) is 7.84. The van der Waals surface area contributed by atoms with Crippen molar-refractivity contribution >= 4 is 0 Å². The first-order chi connectivity index (χ1) is 5.88. The Bertz CT molecular complexity index is 110. The maximum Gasteiger partial charge on any atom is 0.0445 e. The first-order valence-electron chi connectivity index (χ1n) is 4.87. The summed E-state index contributed by atoms with van der Waals surface area (Å²) in [5.74, 6) is 0.705. The summed E-state index contributed by atoms with van der Waals surface area (Å²) in [5, 5.41) is 15.5. The number of hydrogen-bond donors (Lipinski definition) is 3. The Kier molecular flexibility index (Phi) is 4.58. The molecule has 1 aliphatic heterocycles. The van der Waals surface area contributed by atoms with E-state index >= 15 is 0 Å². The Morgan fingerprint density at radius 1 is 1.67 bits per heavy atom. The van der Waals surface area contributed by atoms with E-state index in [1.807, 2.05) is 7.05 Å². The minimum atomic E-state index is 0.294. The van der Waals surface area contributed by atoms with Crippen LogP contribution in [0.2, 0.25) is 0 Å². The van der Waals surface area contributed by atoms with Crippen molar-refractivity contribution in [2.75, 3.05) is 26.7 Å². The molecule has 1 aliphatic rings. The summed E-state index contributed by atoms with van der Waals surface area (Å²) in [6.45, 7) is 2.56. The van der Waals surface area contributed by atoms with E-state index in [4.69, 9.17) is 5.11 Å². The summed E-state index contributed by atoms with van der Waals surface area (Å²) in [7, 11) is 1.98. The predicted octanol–water partition coefficient (Wildman–Crippen LogP) is -0.0436. The average Bonchev–Trinajstić information content (AvgIpc) is 2.15. The van der Waals surface area contributed by atoms with Crippen LogP contribution in [0, 0.1) is 5.92 Å². The number of nitrogens with one attached hydrogen (secondary N) is 2. The van der Waals surface area contributed by atoms with Crippen molar-refractivity contribution in [1.29, 1.82) is 0 Å². The van der Waals surface area contributed by atoms with Gasteiger partial charge in [-0.3, -0.25) is 0 Å². The SMILES string of the molecule is CN[C@@H](CCO)[C@H]1CCCNC1. The highest BCUT2D eigenvalue weighted by Gasteiger charge is 2.21. The molecule has 1 fully saturated rings. The first-order valence-corrected chi connectivity index (χ1v) is 4.87. The van der Waals surface area contributed by atoms with Crippen LogP contribution in [0.25, 0.3) is 0 Å². The second-order valence-corrected chi connectivity index (χ2v) is 3.51. The third kappa shape index (κ3) is 2.73. The summed E-state index contributed by atoms with van der Waals surface area (Å²) in [6, 6.07) is 0.489. The van der Waals surface area contributed by atoms with Crippen LogP contribution in [0.5, 0.6) is 0 Å². The molecule has 0 aromatic carbocycles. The van der Waals surface area contributed by atoms with Crippen molar-refractivity contribution in [1.82, 2.24) is 10.6 Å². The summed E-state index contributed by atoms with van der Waals surface area (Å²) in [4.78, 5) is 0. The van der Waals surface area contributed by atoms with E-state index in [0.717, 1.165) is 19.5 Å².